The van der Waals surface area contributed by atoms with E-state index in [4.69, 9.17) is 11.0 Å². The van der Waals surface area contributed by atoms with Crippen molar-refractivity contribution in [2.24, 2.45) is 5.73 Å². The minimum Gasteiger partial charge on any atom is -0.370 e. The maximum atomic E-state index is 13.4. The van der Waals surface area contributed by atoms with Crippen LogP contribution < -0.4 is 11.1 Å². The molecule has 0 aliphatic rings. The van der Waals surface area contributed by atoms with Crippen LogP contribution in [0.25, 0.3) is 0 Å². The van der Waals surface area contributed by atoms with Crippen molar-refractivity contribution in [3.05, 3.63) is 65.0 Å². The van der Waals surface area contributed by atoms with Crippen LogP contribution in [0.15, 0.2) is 42.5 Å². The van der Waals surface area contributed by atoms with Gasteiger partial charge in [0.2, 0.25) is 5.91 Å². The number of anilines is 1. The van der Waals surface area contributed by atoms with Crippen molar-refractivity contribution >= 4 is 11.6 Å². The molecule has 0 aliphatic carbocycles. The van der Waals surface area contributed by atoms with Crippen LogP contribution in [0.4, 0.5) is 10.1 Å². The van der Waals surface area contributed by atoms with Crippen LogP contribution in [-0.2, 0) is 4.79 Å². The second kappa shape index (κ2) is 6.06. The molecule has 5 heteroatoms. The normalized spacial score (nSPS) is 11.5. The highest BCUT2D eigenvalue weighted by Crippen LogP contribution is 2.22. The molecular formula is C16H14FN3O. The van der Waals surface area contributed by atoms with Gasteiger partial charge >= 0.3 is 0 Å². The lowest BCUT2D eigenvalue weighted by Crippen LogP contribution is -2.27. The molecule has 2 rings (SSSR count). The number of benzene rings is 2. The second-order valence-corrected chi connectivity index (χ2v) is 4.73. The van der Waals surface area contributed by atoms with Gasteiger partial charge in [0.05, 0.1) is 11.6 Å². The van der Waals surface area contributed by atoms with Gasteiger partial charge in [-0.25, -0.2) is 4.39 Å². The summed E-state index contributed by atoms with van der Waals surface area (Å²) in [6.45, 7) is 1.75. The Morgan fingerprint density at radius 1 is 1.33 bits per heavy atom. The lowest BCUT2D eigenvalue weighted by Gasteiger charge is -2.18. The van der Waals surface area contributed by atoms with Gasteiger partial charge in [-0.2, -0.15) is 5.26 Å². The first kappa shape index (κ1) is 14.5. The summed E-state index contributed by atoms with van der Waals surface area (Å²) in [5.41, 5.74) is 7.58. The molecule has 3 N–H and O–H groups in total. The summed E-state index contributed by atoms with van der Waals surface area (Å²) in [5.74, 6) is -1.00. The molecule has 2 aromatic carbocycles. The summed E-state index contributed by atoms with van der Waals surface area (Å²) in [4.78, 5) is 11.7. The summed E-state index contributed by atoms with van der Waals surface area (Å²) in [5, 5.41) is 11.8. The Hall–Kier alpha value is -2.87. The average molecular weight is 283 g/mol. The van der Waals surface area contributed by atoms with E-state index in [-0.39, 0.29) is 0 Å². The van der Waals surface area contributed by atoms with Crippen molar-refractivity contribution in [1.82, 2.24) is 0 Å². The second-order valence-electron chi connectivity index (χ2n) is 4.73. The van der Waals surface area contributed by atoms with Crippen molar-refractivity contribution in [1.29, 1.82) is 5.26 Å². The van der Waals surface area contributed by atoms with Crippen LogP contribution in [-0.4, -0.2) is 5.91 Å². The first-order chi connectivity index (χ1) is 9.99. The zero-order chi connectivity index (χ0) is 15.4. The van der Waals surface area contributed by atoms with Crippen LogP contribution in [0.3, 0.4) is 0 Å². The highest BCUT2D eigenvalue weighted by atomic mass is 19.1. The molecule has 0 saturated heterocycles. The zero-order valence-electron chi connectivity index (χ0n) is 11.4. The van der Waals surface area contributed by atoms with Gasteiger partial charge in [-0.15, -0.1) is 0 Å². The minimum absolute atomic E-state index is 0.397. The number of carbonyl (C=O) groups excluding carboxylic acids is 1. The molecule has 106 valence electrons. The summed E-state index contributed by atoms with van der Waals surface area (Å²) < 4.78 is 13.4. The molecule has 4 nitrogen and oxygen atoms in total. The Morgan fingerprint density at radius 3 is 2.71 bits per heavy atom. The minimum atomic E-state index is -0.834. The van der Waals surface area contributed by atoms with Gasteiger partial charge in [-0.05, 0) is 48.4 Å². The van der Waals surface area contributed by atoms with Crippen LogP contribution in [0, 0.1) is 24.1 Å². The Labute approximate surface area is 122 Å². The van der Waals surface area contributed by atoms with E-state index in [1.54, 1.807) is 37.3 Å². The monoisotopic (exact) mass is 283 g/mol. The maximum absolute atomic E-state index is 13.4. The van der Waals surface area contributed by atoms with Crippen LogP contribution in [0.2, 0.25) is 0 Å². The van der Waals surface area contributed by atoms with E-state index in [1.165, 1.54) is 12.1 Å². The van der Waals surface area contributed by atoms with Gasteiger partial charge in [-0.1, -0.05) is 12.1 Å². The third kappa shape index (κ3) is 3.57. The molecule has 0 fully saturated rings. The van der Waals surface area contributed by atoms with Gasteiger partial charge in [0.25, 0.3) is 0 Å². The number of primary amides is 1. The molecule has 1 atom stereocenters. The quantitative estimate of drug-likeness (QED) is 0.905. The van der Waals surface area contributed by atoms with Gasteiger partial charge in [0.1, 0.15) is 11.9 Å². The summed E-state index contributed by atoms with van der Waals surface area (Å²) in [6, 6.07) is 12.1. The third-order valence-corrected chi connectivity index (χ3v) is 2.99. The number of carbonyl (C=O) groups is 1. The topological polar surface area (TPSA) is 78.9 Å². The molecule has 0 aliphatic heterocycles. The number of halogens is 1. The van der Waals surface area contributed by atoms with Crippen molar-refractivity contribution in [3.63, 3.8) is 0 Å². The van der Waals surface area contributed by atoms with Crippen LogP contribution in [0.1, 0.15) is 22.7 Å². The molecule has 21 heavy (non-hydrogen) atoms. The Morgan fingerprint density at radius 2 is 2.10 bits per heavy atom. The number of hydrogen-bond acceptors (Lipinski definition) is 3. The average Bonchev–Trinajstić information content (AvgIpc) is 2.43. The molecule has 1 unspecified atom stereocenters. The Kier molecular flexibility index (Phi) is 4.19. The van der Waals surface area contributed by atoms with Gasteiger partial charge in [0, 0.05) is 5.69 Å². The number of nitrogens with one attached hydrogen (secondary N) is 1. The largest absolute Gasteiger partial charge is 0.370 e. The lowest BCUT2D eigenvalue weighted by atomic mass is 10.0. The zero-order valence-corrected chi connectivity index (χ0v) is 11.4. The summed E-state index contributed by atoms with van der Waals surface area (Å²) in [7, 11) is 0. The van der Waals surface area contributed by atoms with E-state index >= 15 is 0 Å². The van der Waals surface area contributed by atoms with E-state index in [0.29, 0.717) is 16.8 Å². The third-order valence-electron chi connectivity index (χ3n) is 2.99. The molecule has 0 saturated carbocycles. The Bertz CT molecular complexity index is 701. The van der Waals surface area contributed by atoms with Gasteiger partial charge in [0.15, 0.2) is 0 Å². The molecule has 0 heterocycles. The van der Waals surface area contributed by atoms with Crippen LogP contribution in [0.5, 0.6) is 0 Å². The smallest absolute Gasteiger partial charge is 0.244 e. The summed E-state index contributed by atoms with van der Waals surface area (Å²) >= 11 is 0. The predicted molar refractivity (Wildman–Crippen MR) is 77.9 cm³/mol. The molecule has 0 radical (unpaired) electrons. The molecule has 0 bridgehead atoms. The standard InChI is InChI=1S/C16H14FN3O/c1-10-5-13(17)8-14(6-10)20-15(16(19)21)12-4-2-3-11(7-12)9-18/h2-8,15,20H,1H3,(H2,19,21). The number of nitriles is 1. The van der Waals surface area contributed by atoms with E-state index in [1.807, 2.05) is 6.07 Å². The van der Waals surface area contributed by atoms with Crippen molar-refractivity contribution in [2.45, 2.75) is 13.0 Å². The predicted octanol–water partition coefficient (Wildman–Crippen LogP) is 2.64. The van der Waals surface area contributed by atoms with Crippen molar-refractivity contribution in [2.75, 3.05) is 5.32 Å². The van der Waals surface area contributed by atoms with E-state index in [2.05, 4.69) is 5.32 Å². The van der Waals surface area contributed by atoms with Gasteiger partial charge < -0.3 is 11.1 Å². The number of aryl methyl sites for hydroxylation is 1. The highest BCUT2D eigenvalue weighted by Gasteiger charge is 2.18. The number of rotatable bonds is 4. The van der Waals surface area contributed by atoms with Crippen molar-refractivity contribution < 1.29 is 9.18 Å². The maximum Gasteiger partial charge on any atom is 0.244 e. The number of nitrogens with two attached hydrogens (primary N) is 1. The molecule has 1 amide bonds. The molecule has 0 spiro atoms. The molecule has 2 aromatic rings. The Balaban J connectivity index is 2.35. The first-order valence-corrected chi connectivity index (χ1v) is 6.32. The number of amides is 1. The number of hydrogen-bond donors (Lipinski definition) is 2. The SMILES string of the molecule is Cc1cc(F)cc(NC(C(N)=O)c2cccc(C#N)c2)c1. The lowest BCUT2D eigenvalue weighted by molar-refractivity contribution is -0.118. The van der Waals surface area contributed by atoms with Crippen LogP contribution >= 0.6 is 0 Å². The van der Waals surface area contributed by atoms with E-state index in [0.717, 1.165) is 5.56 Å². The van der Waals surface area contributed by atoms with E-state index < -0.39 is 17.8 Å². The highest BCUT2D eigenvalue weighted by molar-refractivity contribution is 5.84. The fourth-order valence-electron chi connectivity index (χ4n) is 2.09. The van der Waals surface area contributed by atoms with Gasteiger partial charge in [-0.3, -0.25) is 4.79 Å². The fourth-order valence-corrected chi connectivity index (χ4v) is 2.09. The molecular weight excluding hydrogens is 269 g/mol. The fraction of sp³-hybridized carbons (Fsp3) is 0.125. The summed E-state index contributed by atoms with van der Waals surface area (Å²) in [6.07, 6.45) is 0. The first-order valence-electron chi connectivity index (χ1n) is 6.32. The molecule has 0 aromatic heterocycles. The number of nitrogens with zero attached hydrogens (tertiary/aromatic N) is 1. The van der Waals surface area contributed by atoms with E-state index in [9.17, 15) is 9.18 Å². The van der Waals surface area contributed by atoms with Crippen molar-refractivity contribution in [3.8, 4) is 6.07 Å².